The van der Waals surface area contributed by atoms with Crippen LogP contribution in [0, 0.1) is 17.3 Å². The highest BCUT2D eigenvalue weighted by Crippen LogP contribution is 2.40. The summed E-state index contributed by atoms with van der Waals surface area (Å²) in [6, 6.07) is 11.0. The van der Waals surface area contributed by atoms with Gasteiger partial charge in [0.25, 0.3) is 0 Å². The van der Waals surface area contributed by atoms with Crippen LogP contribution in [0.4, 0.5) is 0 Å². The normalized spacial score (nSPS) is 25.4. The van der Waals surface area contributed by atoms with Gasteiger partial charge in [-0.25, -0.2) is 0 Å². The van der Waals surface area contributed by atoms with Crippen LogP contribution >= 0.6 is 0 Å². The van der Waals surface area contributed by atoms with Gasteiger partial charge in [0.15, 0.2) is 0 Å². The molecule has 2 N–H and O–H groups in total. The third kappa shape index (κ3) is 4.63. The van der Waals surface area contributed by atoms with Gasteiger partial charge in [0.2, 0.25) is 0 Å². The van der Waals surface area contributed by atoms with Crippen LogP contribution in [0.25, 0.3) is 0 Å². The van der Waals surface area contributed by atoms with E-state index in [0.29, 0.717) is 11.5 Å². The molecular weight excluding hydrogens is 242 g/mol. The number of hydrogen-bond donors (Lipinski definition) is 1. The lowest BCUT2D eigenvalue weighted by Gasteiger charge is -2.37. The average molecular weight is 273 g/mol. The molecule has 0 saturated heterocycles. The van der Waals surface area contributed by atoms with Crippen molar-refractivity contribution in [1.82, 2.24) is 0 Å². The Morgan fingerprint density at radius 1 is 1.05 bits per heavy atom. The van der Waals surface area contributed by atoms with Crippen LogP contribution in [0.2, 0.25) is 0 Å². The smallest absolute Gasteiger partial charge is 0.00819 e. The quantitative estimate of drug-likeness (QED) is 0.838. The summed E-state index contributed by atoms with van der Waals surface area (Å²) >= 11 is 0. The second-order valence-corrected chi connectivity index (χ2v) is 7.77. The van der Waals surface area contributed by atoms with Gasteiger partial charge in [-0.2, -0.15) is 0 Å². The molecule has 1 nitrogen and oxygen atoms in total. The standard InChI is InChI=1S/C19H31N/c1-19(2,3)17-11-9-16(10-12-17)14-18(20)13-15-7-5-4-6-8-15/h4-8,16-18H,9-14,20H2,1-3H3. The summed E-state index contributed by atoms with van der Waals surface area (Å²) in [6.07, 6.45) is 7.78. The molecule has 0 radical (unpaired) electrons. The van der Waals surface area contributed by atoms with Crippen LogP contribution in [0.3, 0.4) is 0 Å². The maximum Gasteiger partial charge on any atom is 0.00819 e. The van der Waals surface area contributed by atoms with E-state index in [1.165, 1.54) is 37.7 Å². The molecule has 1 aromatic rings. The highest BCUT2D eigenvalue weighted by molar-refractivity contribution is 5.15. The molecule has 20 heavy (non-hydrogen) atoms. The first-order valence-corrected chi connectivity index (χ1v) is 8.24. The van der Waals surface area contributed by atoms with E-state index in [1.54, 1.807) is 0 Å². The highest BCUT2D eigenvalue weighted by atomic mass is 14.6. The number of nitrogens with two attached hydrogens (primary N) is 1. The van der Waals surface area contributed by atoms with E-state index in [9.17, 15) is 0 Å². The third-order valence-corrected chi connectivity index (χ3v) is 5.05. The first kappa shape index (κ1) is 15.6. The van der Waals surface area contributed by atoms with Crippen molar-refractivity contribution in [2.45, 2.75) is 65.3 Å². The molecule has 1 fully saturated rings. The maximum absolute atomic E-state index is 6.36. The topological polar surface area (TPSA) is 26.0 Å². The molecule has 0 spiro atoms. The Kier molecular flexibility index (Phi) is 5.26. The van der Waals surface area contributed by atoms with Gasteiger partial charge in [-0.1, -0.05) is 63.9 Å². The maximum atomic E-state index is 6.36. The summed E-state index contributed by atoms with van der Waals surface area (Å²) in [5.74, 6) is 1.76. The third-order valence-electron chi connectivity index (χ3n) is 5.05. The fraction of sp³-hybridized carbons (Fsp3) is 0.684. The molecule has 0 bridgehead atoms. The molecule has 1 aliphatic carbocycles. The molecule has 0 aliphatic heterocycles. The van der Waals surface area contributed by atoms with Crippen LogP contribution in [-0.2, 0) is 6.42 Å². The number of hydrogen-bond acceptors (Lipinski definition) is 1. The molecule has 0 aromatic heterocycles. The van der Waals surface area contributed by atoms with E-state index >= 15 is 0 Å². The fourth-order valence-corrected chi connectivity index (χ4v) is 3.69. The van der Waals surface area contributed by atoms with E-state index in [2.05, 4.69) is 51.1 Å². The minimum Gasteiger partial charge on any atom is -0.327 e. The van der Waals surface area contributed by atoms with Crippen molar-refractivity contribution in [1.29, 1.82) is 0 Å². The van der Waals surface area contributed by atoms with E-state index in [-0.39, 0.29) is 0 Å². The van der Waals surface area contributed by atoms with E-state index in [0.717, 1.165) is 18.3 Å². The van der Waals surface area contributed by atoms with Crippen molar-refractivity contribution in [3.63, 3.8) is 0 Å². The minimum absolute atomic E-state index is 0.327. The molecule has 2 rings (SSSR count). The van der Waals surface area contributed by atoms with E-state index < -0.39 is 0 Å². The zero-order valence-electron chi connectivity index (χ0n) is 13.4. The van der Waals surface area contributed by atoms with Crippen molar-refractivity contribution < 1.29 is 0 Å². The Labute approximate surface area is 125 Å². The molecule has 1 atom stereocenters. The molecule has 1 heteroatoms. The minimum atomic E-state index is 0.327. The SMILES string of the molecule is CC(C)(C)C1CCC(CC(N)Cc2ccccc2)CC1. The summed E-state index contributed by atoms with van der Waals surface area (Å²) in [7, 11) is 0. The molecule has 1 aromatic carbocycles. The summed E-state index contributed by atoms with van der Waals surface area (Å²) in [5.41, 5.74) is 8.22. The van der Waals surface area contributed by atoms with Gasteiger partial charge < -0.3 is 5.73 Å². The number of rotatable bonds is 4. The van der Waals surface area contributed by atoms with E-state index in [4.69, 9.17) is 5.73 Å². The second-order valence-electron chi connectivity index (χ2n) is 7.77. The summed E-state index contributed by atoms with van der Waals surface area (Å²) in [5, 5.41) is 0. The van der Waals surface area contributed by atoms with Gasteiger partial charge in [0.1, 0.15) is 0 Å². The Balaban J connectivity index is 1.75. The molecule has 0 amide bonds. The second kappa shape index (κ2) is 6.76. The van der Waals surface area contributed by atoms with Crippen LogP contribution < -0.4 is 5.73 Å². The Bertz CT molecular complexity index is 382. The summed E-state index contributed by atoms with van der Waals surface area (Å²) in [6.45, 7) is 7.16. The van der Waals surface area contributed by atoms with Crippen LogP contribution in [0.1, 0.15) is 58.4 Å². The fourth-order valence-electron chi connectivity index (χ4n) is 3.69. The summed E-state index contributed by atoms with van der Waals surface area (Å²) in [4.78, 5) is 0. The molecule has 112 valence electrons. The monoisotopic (exact) mass is 273 g/mol. The van der Waals surface area contributed by atoms with Gasteiger partial charge in [-0.15, -0.1) is 0 Å². The van der Waals surface area contributed by atoms with Gasteiger partial charge >= 0.3 is 0 Å². The van der Waals surface area contributed by atoms with Crippen molar-refractivity contribution in [3.05, 3.63) is 35.9 Å². The van der Waals surface area contributed by atoms with Crippen LogP contribution in [0.5, 0.6) is 0 Å². The zero-order chi connectivity index (χ0) is 14.6. The predicted octanol–water partition coefficient (Wildman–Crippen LogP) is 4.80. The van der Waals surface area contributed by atoms with Crippen molar-refractivity contribution in [3.8, 4) is 0 Å². The number of benzene rings is 1. The zero-order valence-corrected chi connectivity index (χ0v) is 13.4. The first-order chi connectivity index (χ1) is 9.45. The lowest BCUT2D eigenvalue weighted by atomic mass is 9.69. The van der Waals surface area contributed by atoms with Gasteiger partial charge in [-0.05, 0) is 48.5 Å². The molecule has 1 aliphatic rings. The summed E-state index contributed by atoms with van der Waals surface area (Å²) < 4.78 is 0. The van der Waals surface area contributed by atoms with Crippen molar-refractivity contribution in [2.75, 3.05) is 0 Å². The largest absolute Gasteiger partial charge is 0.327 e. The molecular formula is C19H31N. The molecule has 0 heterocycles. The van der Waals surface area contributed by atoms with Gasteiger partial charge in [0.05, 0.1) is 0 Å². The Hall–Kier alpha value is -0.820. The van der Waals surface area contributed by atoms with Crippen molar-refractivity contribution in [2.24, 2.45) is 23.0 Å². The van der Waals surface area contributed by atoms with E-state index in [1.807, 2.05) is 0 Å². The lowest BCUT2D eigenvalue weighted by molar-refractivity contribution is 0.143. The van der Waals surface area contributed by atoms with Gasteiger partial charge in [-0.3, -0.25) is 0 Å². The first-order valence-electron chi connectivity index (χ1n) is 8.24. The predicted molar refractivity (Wildman–Crippen MR) is 87.6 cm³/mol. The lowest BCUT2D eigenvalue weighted by Crippen LogP contribution is -2.30. The Morgan fingerprint density at radius 2 is 1.65 bits per heavy atom. The molecule has 1 unspecified atom stereocenters. The molecule has 1 saturated carbocycles. The highest BCUT2D eigenvalue weighted by Gasteiger charge is 2.30. The Morgan fingerprint density at radius 3 is 2.20 bits per heavy atom. The van der Waals surface area contributed by atoms with Crippen molar-refractivity contribution >= 4 is 0 Å². The van der Waals surface area contributed by atoms with Gasteiger partial charge in [0, 0.05) is 6.04 Å². The van der Waals surface area contributed by atoms with Crippen LogP contribution in [-0.4, -0.2) is 6.04 Å². The average Bonchev–Trinajstić information content (AvgIpc) is 2.39. The van der Waals surface area contributed by atoms with Crippen LogP contribution in [0.15, 0.2) is 30.3 Å².